The molecule has 0 saturated heterocycles. The van der Waals surface area contributed by atoms with Crippen molar-refractivity contribution < 1.29 is 13.9 Å². The lowest BCUT2D eigenvalue weighted by atomic mass is 10.1. The van der Waals surface area contributed by atoms with Gasteiger partial charge in [0.15, 0.2) is 5.82 Å². The number of carbonyl (C=O) groups is 1. The summed E-state index contributed by atoms with van der Waals surface area (Å²) < 4.78 is 20.4. The molecule has 6 nitrogen and oxygen atoms in total. The van der Waals surface area contributed by atoms with E-state index in [0.29, 0.717) is 11.6 Å². The first-order chi connectivity index (χ1) is 9.52. The van der Waals surface area contributed by atoms with Crippen LogP contribution in [-0.4, -0.2) is 27.8 Å². The van der Waals surface area contributed by atoms with Crippen molar-refractivity contribution in [2.75, 3.05) is 7.11 Å². The first kappa shape index (κ1) is 14.0. The fourth-order valence-corrected chi connectivity index (χ4v) is 1.83. The molecule has 20 heavy (non-hydrogen) atoms. The summed E-state index contributed by atoms with van der Waals surface area (Å²) in [6.45, 7) is 1.75. The van der Waals surface area contributed by atoms with Gasteiger partial charge in [-0.1, -0.05) is 0 Å². The summed E-state index contributed by atoms with van der Waals surface area (Å²) in [7, 11) is 3.20. The number of amides is 1. The molecular formula is C13H15FN4O2. The van der Waals surface area contributed by atoms with Crippen molar-refractivity contribution in [3.05, 3.63) is 41.7 Å². The van der Waals surface area contributed by atoms with Gasteiger partial charge in [-0.25, -0.2) is 4.39 Å². The van der Waals surface area contributed by atoms with Gasteiger partial charge in [0.25, 0.3) is 5.91 Å². The maximum absolute atomic E-state index is 13.8. The molecule has 1 amide bonds. The molecular weight excluding hydrogens is 263 g/mol. The van der Waals surface area contributed by atoms with Gasteiger partial charge in [0.05, 0.1) is 18.7 Å². The second kappa shape index (κ2) is 5.68. The van der Waals surface area contributed by atoms with E-state index in [1.807, 2.05) is 0 Å². The van der Waals surface area contributed by atoms with E-state index in [1.54, 1.807) is 18.5 Å². The van der Waals surface area contributed by atoms with Gasteiger partial charge in [0.2, 0.25) is 0 Å². The number of nitrogens with zero attached hydrogens (tertiary/aromatic N) is 3. The summed E-state index contributed by atoms with van der Waals surface area (Å²) in [5.74, 6) is -0.194. The number of halogens is 1. The monoisotopic (exact) mass is 278 g/mol. The largest absolute Gasteiger partial charge is 0.497 e. The van der Waals surface area contributed by atoms with Gasteiger partial charge in [0.1, 0.15) is 17.9 Å². The molecule has 0 fully saturated rings. The molecule has 0 spiro atoms. The number of aryl methyl sites for hydroxylation is 1. The SMILES string of the molecule is COc1ccc(C(=O)N[C@H](C)c2nncn2C)c(F)c1. The minimum absolute atomic E-state index is 0.0418. The predicted molar refractivity (Wildman–Crippen MR) is 69.8 cm³/mol. The number of benzene rings is 1. The fraction of sp³-hybridized carbons (Fsp3) is 0.308. The summed E-state index contributed by atoms with van der Waals surface area (Å²) in [6.07, 6.45) is 1.53. The standard InChI is InChI=1S/C13H15FN4O2/c1-8(12-17-15-7-18(12)2)16-13(19)10-5-4-9(20-3)6-11(10)14/h4-8H,1-3H3,(H,16,19)/t8-/m1/s1. The number of hydrogen-bond donors (Lipinski definition) is 1. The molecule has 1 N–H and O–H groups in total. The van der Waals surface area contributed by atoms with Crippen molar-refractivity contribution in [1.29, 1.82) is 0 Å². The van der Waals surface area contributed by atoms with Crippen LogP contribution in [0.4, 0.5) is 4.39 Å². The molecule has 106 valence electrons. The first-order valence-electron chi connectivity index (χ1n) is 6.01. The van der Waals surface area contributed by atoms with E-state index in [1.165, 1.54) is 31.6 Å². The quantitative estimate of drug-likeness (QED) is 0.919. The topological polar surface area (TPSA) is 69.0 Å². The highest BCUT2D eigenvalue weighted by atomic mass is 19.1. The smallest absolute Gasteiger partial charge is 0.254 e. The molecule has 0 saturated carbocycles. The Bertz CT molecular complexity index is 627. The molecule has 7 heteroatoms. The summed E-state index contributed by atoms with van der Waals surface area (Å²) in [4.78, 5) is 12.0. The average Bonchev–Trinajstić information content (AvgIpc) is 2.84. The molecule has 0 aliphatic rings. The van der Waals surface area contributed by atoms with Crippen LogP contribution in [0.5, 0.6) is 5.75 Å². The van der Waals surface area contributed by atoms with Crippen LogP contribution in [0.3, 0.4) is 0 Å². The molecule has 2 aromatic rings. The van der Waals surface area contributed by atoms with E-state index < -0.39 is 11.7 Å². The van der Waals surface area contributed by atoms with Gasteiger partial charge in [-0.15, -0.1) is 10.2 Å². The lowest BCUT2D eigenvalue weighted by molar-refractivity contribution is 0.0933. The minimum Gasteiger partial charge on any atom is -0.497 e. The summed E-state index contributed by atoms with van der Waals surface area (Å²) in [5.41, 5.74) is -0.0418. The molecule has 2 rings (SSSR count). The Labute approximate surface area is 115 Å². The maximum Gasteiger partial charge on any atom is 0.254 e. The summed E-state index contributed by atoms with van der Waals surface area (Å²) >= 11 is 0. The number of carbonyl (C=O) groups excluding carboxylic acids is 1. The highest BCUT2D eigenvalue weighted by molar-refractivity contribution is 5.94. The number of hydrogen-bond acceptors (Lipinski definition) is 4. The Hall–Kier alpha value is -2.44. The van der Waals surface area contributed by atoms with E-state index in [0.717, 1.165) is 0 Å². The zero-order valence-corrected chi connectivity index (χ0v) is 11.4. The Morgan fingerprint density at radius 1 is 1.50 bits per heavy atom. The zero-order valence-electron chi connectivity index (χ0n) is 11.4. The Kier molecular flexibility index (Phi) is 3.97. The highest BCUT2D eigenvalue weighted by Crippen LogP contribution is 2.17. The Morgan fingerprint density at radius 3 is 2.80 bits per heavy atom. The van der Waals surface area contributed by atoms with Gasteiger partial charge in [0, 0.05) is 13.1 Å². The van der Waals surface area contributed by atoms with Crippen molar-refractivity contribution in [1.82, 2.24) is 20.1 Å². The third kappa shape index (κ3) is 2.76. The van der Waals surface area contributed by atoms with Crippen LogP contribution >= 0.6 is 0 Å². The third-order valence-electron chi connectivity index (χ3n) is 2.90. The van der Waals surface area contributed by atoms with Crippen molar-refractivity contribution in [3.63, 3.8) is 0 Å². The molecule has 1 aromatic heterocycles. The van der Waals surface area contributed by atoms with Crippen LogP contribution in [0, 0.1) is 5.82 Å². The van der Waals surface area contributed by atoms with Gasteiger partial charge in [-0.05, 0) is 19.1 Å². The molecule has 1 atom stereocenters. The van der Waals surface area contributed by atoms with Gasteiger partial charge >= 0.3 is 0 Å². The van der Waals surface area contributed by atoms with Crippen LogP contribution in [-0.2, 0) is 7.05 Å². The molecule has 0 unspecified atom stereocenters. The Balaban J connectivity index is 2.14. The van der Waals surface area contributed by atoms with Crippen LogP contribution in [0.15, 0.2) is 24.5 Å². The predicted octanol–water partition coefficient (Wildman–Crippen LogP) is 1.45. The van der Waals surface area contributed by atoms with Crippen LogP contribution < -0.4 is 10.1 Å². The van der Waals surface area contributed by atoms with E-state index in [9.17, 15) is 9.18 Å². The first-order valence-corrected chi connectivity index (χ1v) is 6.01. The van der Waals surface area contributed by atoms with E-state index >= 15 is 0 Å². The zero-order chi connectivity index (χ0) is 14.7. The number of rotatable bonds is 4. The van der Waals surface area contributed by atoms with E-state index in [-0.39, 0.29) is 11.6 Å². The van der Waals surface area contributed by atoms with Crippen LogP contribution in [0.1, 0.15) is 29.1 Å². The lowest BCUT2D eigenvalue weighted by Crippen LogP contribution is -2.29. The number of ether oxygens (including phenoxy) is 1. The molecule has 0 bridgehead atoms. The number of aromatic nitrogens is 3. The second-order valence-corrected chi connectivity index (χ2v) is 4.34. The van der Waals surface area contributed by atoms with Crippen molar-refractivity contribution in [3.8, 4) is 5.75 Å². The van der Waals surface area contributed by atoms with Gasteiger partial charge in [-0.3, -0.25) is 4.79 Å². The van der Waals surface area contributed by atoms with Crippen LogP contribution in [0.25, 0.3) is 0 Å². The van der Waals surface area contributed by atoms with Crippen molar-refractivity contribution in [2.45, 2.75) is 13.0 Å². The lowest BCUT2D eigenvalue weighted by Gasteiger charge is -2.13. The molecule has 0 aliphatic heterocycles. The fourth-order valence-electron chi connectivity index (χ4n) is 1.83. The number of nitrogens with one attached hydrogen (secondary N) is 1. The second-order valence-electron chi connectivity index (χ2n) is 4.34. The Morgan fingerprint density at radius 2 is 2.25 bits per heavy atom. The average molecular weight is 278 g/mol. The van der Waals surface area contributed by atoms with E-state index in [4.69, 9.17) is 4.74 Å². The van der Waals surface area contributed by atoms with E-state index in [2.05, 4.69) is 15.5 Å². The van der Waals surface area contributed by atoms with Crippen LogP contribution in [0.2, 0.25) is 0 Å². The van der Waals surface area contributed by atoms with Crippen molar-refractivity contribution >= 4 is 5.91 Å². The normalized spacial score (nSPS) is 12.0. The van der Waals surface area contributed by atoms with Crippen molar-refractivity contribution in [2.24, 2.45) is 7.05 Å². The molecule has 0 radical (unpaired) electrons. The third-order valence-corrected chi connectivity index (χ3v) is 2.90. The molecule has 0 aliphatic carbocycles. The number of methoxy groups -OCH3 is 1. The minimum atomic E-state index is -0.632. The summed E-state index contributed by atoms with van der Waals surface area (Å²) in [6, 6.07) is 3.70. The molecule has 1 aromatic carbocycles. The maximum atomic E-state index is 13.8. The van der Waals surface area contributed by atoms with Gasteiger partial charge < -0.3 is 14.6 Å². The summed E-state index contributed by atoms with van der Waals surface area (Å²) in [5, 5.41) is 10.3. The highest BCUT2D eigenvalue weighted by Gasteiger charge is 2.18. The molecule has 1 heterocycles. The van der Waals surface area contributed by atoms with Gasteiger partial charge in [-0.2, -0.15) is 0 Å².